The Hall–Kier alpha value is -0.960. The standard InChI is InChI=1S/C9H10N2S/c1-6(12)7-2-3-9-8(4-7)5-10-11-9/h2-6,12H,1H3,(H,10,11). The van der Waals surface area contributed by atoms with E-state index in [2.05, 4.69) is 41.9 Å². The highest BCUT2D eigenvalue weighted by Gasteiger charge is 2.01. The highest BCUT2D eigenvalue weighted by Crippen LogP contribution is 2.22. The van der Waals surface area contributed by atoms with Gasteiger partial charge < -0.3 is 0 Å². The van der Waals surface area contributed by atoms with E-state index in [9.17, 15) is 0 Å². The summed E-state index contributed by atoms with van der Waals surface area (Å²) in [6, 6.07) is 6.21. The minimum absolute atomic E-state index is 0.282. The van der Waals surface area contributed by atoms with E-state index in [0.717, 1.165) is 10.9 Å². The topological polar surface area (TPSA) is 28.7 Å². The third kappa shape index (κ3) is 1.20. The van der Waals surface area contributed by atoms with Crippen molar-refractivity contribution in [2.24, 2.45) is 0 Å². The Morgan fingerprint density at radius 2 is 2.33 bits per heavy atom. The molecular formula is C9H10N2S. The van der Waals surface area contributed by atoms with Gasteiger partial charge in [-0.3, -0.25) is 5.10 Å². The maximum absolute atomic E-state index is 4.36. The third-order valence-corrected chi connectivity index (χ3v) is 2.24. The van der Waals surface area contributed by atoms with E-state index in [1.54, 1.807) is 0 Å². The van der Waals surface area contributed by atoms with Crippen molar-refractivity contribution in [2.45, 2.75) is 12.2 Å². The summed E-state index contributed by atoms with van der Waals surface area (Å²) in [5.74, 6) is 0. The fourth-order valence-electron chi connectivity index (χ4n) is 1.22. The molecule has 0 aliphatic rings. The van der Waals surface area contributed by atoms with Crippen molar-refractivity contribution < 1.29 is 0 Å². The van der Waals surface area contributed by atoms with Crippen LogP contribution in [0.25, 0.3) is 10.9 Å². The van der Waals surface area contributed by atoms with Gasteiger partial charge in [0.2, 0.25) is 0 Å². The van der Waals surface area contributed by atoms with Crippen molar-refractivity contribution in [1.82, 2.24) is 10.2 Å². The monoisotopic (exact) mass is 178 g/mol. The van der Waals surface area contributed by atoms with Crippen LogP contribution in [0.15, 0.2) is 24.4 Å². The van der Waals surface area contributed by atoms with Gasteiger partial charge in [0.25, 0.3) is 0 Å². The van der Waals surface area contributed by atoms with Gasteiger partial charge >= 0.3 is 0 Å². The number of benzene rings is 1. The molecule has 1 aromatic heterocycles. The van der Waals surface area contributed by atoms with Crippen molar-refractivity contribution in [3.05, 3.63) is 30.0 Å². The number of aromatic amines is 1. The number of nitrogens with zero attached hydrogens (tertiary/aromatic N) is 1. The summed E-state index contributed by atoms with van der Waals surface area (Å²) < 4.78 is 0. The van der Waals surface area contributed by atoms with Crippen LogP contribution in [0.5, 0.6) is 0 Å². The zero-order chi connectivity index (χ0) is 8.55. The summed E-state index contributed by atoms with van der Waals surface area (Å²) in [5.41, 5.74) is 2.31. The van der Waals surface area contributed by atoms with Crippen LogP contribution in [0.2, 0.25) is 0 Å². The molecule has 1 aromatic carbocycles. The largest absolute Gasteiger partial charge is 0.278 e. The molecule has 0 aliphatic heterocycles. The van der Waals surface area contributed by atoms with Crippen LogP contribution in [0, 0.1) is 0 Å². The van der Waals surface area contributed by atoms with Crippen molar-refractivity contribution in [2.75, 3.05) is 0 Å². The molecule has 0 amide bonds. The molecule has 0 saturated carbocycles. The van der Waals surface area contributed by atoms with Gasteiger partial charge in [-0.15, -0.1) is 0 Å². The molecule has 1 heterocycles. The first-order valence-corrected chi connectivity index (χ1v) is 4.40. The SMILES string of the molecule is CC(S)c1ccc2[nH]ncc2c1. The highest BCUT2D eigenvalue weighted by atomic mass is 32.1. The average Bonchev–Trinajstić information content (AvgIpc) is 2.49. The molecular weight excluding hydrogens is 168 g/mol. The van der Waals surface area contributed by atoms with Crippen molar-refractivity contribution in [3.8, 4) is 0 Å². The van der Waals surface area contributed by atoms with Crippen LogP contribution in [0.1, 0.15) is 17.7 Å². The van der Waals surface area contributed by atoms with E-state index in [1.807, 2.05) is 12.3 Å². The Kier molecular flexibility index (Phi) is 1.81. The second kappa shape index (κ2) is 2.83. The van der Waals surface area contributed by atoms with Crippen LogP contribution in [-0.2, 0) is 0 Å². The normalized spacial score (nSPS) is 13.5. The fourth-order valence-corrected chi connectivity index (χ4v) is 1.38. The number of nitrogens with one attached hydrogen (secondary N) is 1. The lowest BCUT2D eigenvalue weighted by Gasteiger charge is -2.02. The van der Waals surface area contributed by atoms with E-state index in [4.69, 9.17) is 0 Å². The number of fused-ring (bicyclic) bond motifs is 1. The molecule has 1 N–H and O–H groups in total. The van der Waals surface area contributed by atoms with Crippen LogP contribution in [0.3, 0.4) is 0 Å². The maximum Gasteiger partial charge on any atom is 0.0650 e. The van der Waals surface area contributed by atoms with Crippen LogP contribution >= 0.6 is 12.6 Å². The number of rotatable bonds is 1. The molecule has 0 aliphatic carbocycles. The van der Waals surface area contributed by atoms with Gasteiger partial charge in [-0.25, -0.2) is 0 Å². The van der Waals surface area contributed by atoms with Crippen LogP contribution in [-0.4, -0.2) is 10.2 Å². The minimum Gasteiger partial charge on any atom is -0.278 e. The zero-order valence-corrected chi connectivity index (χ0v) is 7.68. The molecule has 0 bridgehead atoms. The van der Waals surface area contributed by atoms with E-state index in [1.165, 1.54) is 5.56 Å². The first-order chi connectivity index (χ1) is 5.77. The lowest BCUT2D eigenvalue weighted by Crippen LogP contribution is -1.82. The molecule has 0 radical (unpaired) electrons. The second-order valence-electron chi connectivity index (χ2n) is 2.89. The Morgan fingerprint density at radius 1 is 1.50 bits per heavy atom. The van der Waals surface area contributed by atoms with Gasteiger partial charge in [-0.2, -0.15) is 17.7 Å². The summed E-state index contributed by atoms with van der Waals surface area (Å²) in [5, 5.41) is 8.29. The van der Waals surface area contributed by atoms with Gasteiger partial charge in [-0.05, 0) is 24.6 Å². The molecule has 0 spiro atoms. The third-order valence-electron chi connectivity index (χ3n) is 1.95. The minimum atomic E-state index is 0.282. The van der Waals surface area contributed by atoms with Crippen LogP contribution in [0.4, 0.5) is 0 Å². The van der Waals surface area contributed by atoms with Crippen molar-refractivity contribution in [3.63, 3.8) is 0 Å². The number of H-pyrrole nitrogens is 1. The van der Waals surface area contributed by atoms with Gasteiger partial charge in [0.05, 0.1) is 11.7 Å². The number of aromatic nitrogens is 2. The molecule has 1 atom stereocenters. The fraction of sp³-hybridized carbons (Fsp3) is 0.222. The zero-order valence-electron chi connectivity index (χ0n) is 6.78. The Balaban J connectivity index is 2.60. The maximum atomic E-state index is 4.36. The molecule has 2 aromatic rings. The van der Waals surface area contributed by atoms with Gasteiger partial charge in [0, 0.05) is 10.6 Å². The predicted octanol–water partition coefficient (Wildman–Crippen LogP) is 2.55. The summed E-state index contributed by atoms with van der Waals surface area (Å²) in [6.45, 7) is 2.06. The van der Waals surface area contributed by atoms with Crippen molar-refractivity contribution >= 4 is 23.5 Å². The number of thiol groups is 1. The predicted molar refractivity (Wildman–Crippen MR) is 53.5 cm³/mol. The Labute approximate surface area is 76.4 Å². The second-order valence-corrected chi connectivity index (χ2v) is 3.67. The quantitative estimate of drug-likeness (QED) is 0.645. The van der Waals surface area contributed by atoms with Crippen LogP contribution < -0.4 is 0 Å². The smallest absolute Gasteiger partial charge is 0.0650 e. The van der Waals surface area contributed by atoms with Crippen molar-refractivity contribution in [1.29, 1.82) is 0 Å². The van der Waals surface area contributed by atoms with E-state index in [-0.39, 0.29) is 5.25 Å². The van der Waals surface area contributed by atoms with E-state index >= 15 is 0 Å². The molecule has 62 valence electrons. The first kappa shape index (κ1) is 7.68. The number of hydrogen-bond acceptors (Lipinski definition) is 2. The first-order valence-electron chi connectivity index (χ1n) is 3.88. The molecule has 0 fully saturated rings. The lowest BCUT2D eigenvalue weighted by atomic mass is 10.1. The summed E-state index contributed by atoms with van der Waals surface area (Å²) in [6.07, 6.45) is 1.83. The molecule has 1 unspecified atom stereocenters. The molecule has 3 heteroatoms. The highest BCUT2D eigenvalue weighted by molar-refractivity contribution is 7.80. The molecule has 2 nitrogen and oxygen atoms in total. The lowest BCUT2D eigenvalue weighted by molar-refractivity contribution is 1.11. The molecule has 0 saturated heterocycles. The van der Waals surface area contributed by atoms with Gasteiger partial charge in [0.1, 0.15) is 0 Å². The van der Waals surface area contributed by atoms with Gasteiger partial charge in [-0.1, -0.05) is 6.07 Å². The Bertz CT molecular complexity index is 392. The molecule has 12 heavy (non-hydrogen) atoms. The molecule has 2 rings (SSSR count). The summed E-state index contributed by atoms with van der Waals surface area (Å²) in [7, 11) is 0. The van der Waals surface area contributed by atoms with E-state index in [0.29, 0.717) is 0 Å². The van der Waals surface area contributed by atoms with Gasteiger partial charge in [0.15, 0.2) is 0 Å². The summed E-state index contributed by atoms with van der Waals surface area (Å²) in [4.78, 5) is 0. The van der Waals surface area contributed by atoms with E-state index < -0.39 is 0 Å². The Morgan fingerprint density at radius 3 is 3.08 bits per heavy atom. The summed E-state index contributed by atoms with van der Waals surface area (Å²) >= 11 is 4.36. The average molecular weight is 178 g/mol. The number of hydrogen-bond donors (Lipinski definition) is 2.